The summed E-state index contributed by atoms with van der Waals surface area (Å²) < 4.78 is 24.0. The lowest BCUT2D eigenvalue weighted by atomic mass is 10.1. The third-order valence-corrected chi connectivity index (χ3v) is 3.13. The van der Waals surface area contributed by atoms with E-state index >= 15 is 0 Å². The summed E-state index contributed by atoms with van der Waals surface area (Å²) in [7, 11) is 3.03. The van der Waals surface area contributed by atoms with Crippen LogP contribution in [-0.4, -0.2) is 26.3 Å². The van der Waals surface area contributed by atoms with Crippen LogP contribution < -0.4 is 14.9 Å². The van der Waals surface area contributed by atoms with Gasteiger partial charge >= 0.3 is 0 Å². The van der Waals surface area contributed by atoms with Gasteiger partial charge < -0.3 is 9.47 Å². The molecule has 24 heavy (non-hydrogen) atoms. The molecule has 0 atom stereocenters. The number of hydrogen-bond acceptors (Lipinski definition) is 5. The van der Waals surface area contributed by atoms with Crippen LogP contribution in [0.4, 0.5) is 4.39 Å². The molecule has 0 heterocycles. The van der Waals surface area contributed by atoms with E-state index in [1.165, 1.54) is 32.6 Å². The summed E-state index contributed by atoms with van der Waals surface area (Å²) in [5.41, 5.74) is 2.83. The maximum atomic E-state index is 13.7. The Balaban J connectivity index is 2.09. The molecule has 0 unspecified atom stereocenters. The average molecular weight is 327 g/mol. The largest absolute Gasteiger partial charge is 0.493 e. The molecule has 0 saturated carbocycles. The minimum atomic E-state index is -0.784. The number of halogens is 1. The van der Waals surface area contributed by atoms with Crippen molar-refractivity contribution in [2.45, 2.75) is 0 Å². The number of carbonyl (C=O) groups is 1. The molecule has 0 bridgehead atoms. The smallest absolute Gasteiger partial charge is 0.274 e. The van der Waals surface area contributed by atoms with Gasteiger partial charge in [-0.05, 0) is 42.0 Å². The second-order valence-corrected chi connectivity index (χ2v) is 4.62. The van der Waals surface area contributed by atoms with E-state index in [0.717, 1.165) is 6.07 Å². The average Bonchev–Trinajstić information content (AvgIpc) is 2.61. The van der Waals surface area contributed by atoms with Gasteiger partial charge in [0.1, 0.15) is 5.82 Å². The molecule has 0 fully saturated rings. The summed E-state index contributed by atoms with van der Waals surface area (Å²) in [6, 6.07) is 10.5. The van der Waals surface area contributed by atoms with Crippen molar-refractivity contribution in [2.24, 2.45) is 5.10 Å². The molecule has 0 radical (unpaired) electrons. The number of benzene rings is 2. The molecule has 0 saturated heterocycles. The van der Waals surface area contributed by atoms with Crippen LogP contribution in [0, 0.1) is 17.1 Å². The highest BCUT2D eigenvalue weighted by Crippen LogP contribution is 2.26. The van der Waals surface area contributed by atoms with Gasteiger partial charge in [0, 0.05) is 0 Å². The maximum Gasteiger partial charge on any atom is 0.274 e. The van der Waals surface area contributed by atoms with E-state index in [-0.39, 0.29) is 11.1 Å². The van der Waals surface area contributed by atoms with Crippen LogP contribution in [0.1, 0.15) is 21.5 Å². The number of methoxy groups -OCH3 is 2. The fourth-order valence-corrected chi connectivity index (χ4v) is 1.93. The SMILES string of the molecule is COc1ccc(/C=N\NC(=O)c2ccc(C#N)cc2F)cc1OC. The van der Waals surface area contributed by atoms with E-state index in [1.807, 2.05) is 0 Å². The zero-order chi connectivity index (χ0) is 17.5. The molecule has 6 nitrogen and oxygen atoms in total. The fraction of sp³-hybridized carbons (Fsp3) is 0.118. The maximum absolute atomic E-state index is 13.7. The Morgan fingerprint density at radius 2 is 1.96 bits per heavy atom. The topological polar surface area (TPSA) is 83.7 Å². The first-order valence-electron chi connectivity index (χ1n) is 6.84. The van der Waals surface area contributed by atoms with Gasteiger partial charge in [-0.2, -0.15) is 10.4 Å². The Labute approximate surface area is 138 Å². The van der Waals surface area contributed by atoms with Crippen LogP contribution in [0.25, 0.3) is 0 Å². The number of amides is 1. The van der Waals surface area contributed by atoms with Crippen molar-refractivity contribution in [3.63, 3.8) is 0 Å². The van der Waals surface area contributed by atoms with E-state index in [9.17, 15) is 9.18 Å². The van der Waals surface area contributed by atoms with Crippen molar-refractivity contribution < 1.29 is 18.7 Å². The molecule has 7 heteroatoms. The van der Waals surface area contributed by atoms with Gasteiger partial charge in [0.15, 0.2) is 11.5 Å². The van der Waals surface area contributed by atoms with Gasteiger partial charge in [0.25, 0.3) is 5.91 Å². The molecule has 2 aromatic rings. The number of hydrogen-bond donors (Lipinski definition) is 1. The summed E-state index contributed by atoms with van der Waals surface area (Å²) in [5.74, 6) is -0.411. The summed E-state index contributed by atoms with van der Waals surface area (Å²) in [6.45, 7) is 0. The standard InChI is InChI=1S/C17H14FN3O3/c1-23-15-6-4-12(8-16(15)24-2)10-20-21-17(22)13-5-3-11(9-19)7-14(13)18/h3-8,10H,1-2H3,(H,21,22)/b20-10-. The first kappa shape index (κ1) is 17.0. The van der Waals surface area contributed by atoms with Crippen molar-refractivity contribution in [2.75, 3.05) is 14.2 Å². The third-order valence-electron chi connectivity index (χ3n) is 3.13. The monoisotopic (exact) mass is 327 g/mol. The van der Waals surface area contributed by atoms with Crippen molar-refractivity contribution in [1.29, 1.82) is 5.26 Å². The summed E-state index contributed by atoms with van der Waals surface area (Å²) in [5, 5.41) is 12.5. The van der Waals surface area contributed by atoms with Crippen LogP contribution in [0.3, 0.4) is 0 Å². The van der Waals surface area contributed by atoms with Crippen LogP contribution >= 0.6 is 0 Å². The van der Waals surface area contributed by atoms with E-state index in [4.69, 9.17) is 14.7 Å². The molecular formula is C17H14FN3O3. The molecule has 0 aliphatic rings. The van der Waals surface area contributed by atoms with Crippen molar-refractivity contribution in [3.8, 4) is 17.6 Å². The third kappa shape index (κ3) is 3.87. The number of carbonyl (C=O) groups excluding carboxylic acids is 1. The predicted octanol–water partition coefficient (Wildman–Crippen LogP) is 2.48. The van der Waals surface area contributed by atoms with Gasteiger partial charge in [-0.1, -0.05) is 0 Å². The van der Waals surface area contributed by atoms with Crippen LogP contribution in [-0.2, 0) is 0 Å². The Morgan fingerprint density at radius 3 is 2.58 bits per heavy atom. The van der Waals surface area contributed by atoms with Crippen molar-refractivity contribution in [3.05, 3.63) is 58.9 Å². The Kier molecular flexibility index (Phi) is 5.47. The van der Waals surface area contributed by atoms with E-state index in [2.05, 4.69) is 10.5 Å². The second-order valence-electron chi connectivity index (χ2n) is 4.62. The molecule has 0 aromatic heterocycles. The van der Waals surface area contributed by atoms with Gasteiger partial charge in [-0.3, -0.25) is 4.79 Å². The zero-order valence-electron chi connectivity index (χ0n) is 13.0. The van der Waals surface area contributed by atoms with Gasteiger partial charge in [-0.25, -0.2) is 9.82 Å². The lowest BCUT2D eigenvalue weighted by Crippen LogP contribution is -2.19. The fourth-order valence-electron chi connectivity index (χ4n) is 1.93. The lowest BCUT2D eigenvalue weighted by Gasteiger charge is -2.07. The Bertz CT molecular complexity index is 828. The van der Waals surface area contributed by atoms with Crippen molar-refractivity contribution in [1.82, 2.24) is 5.43 Å². The number of nitriles is 1. The van der Waals surface area contributed by atoms with E-state index in [0.29, 0.717) is 17.1 Å². The van der Waals surface area contributed by atoms with Crippen LogP contribution in [0.5, 0.6) is 11.5 Å². The number of nitrogens with one attached hydrogen (secondary N) is 1. The van der Waals surface area contributed by atoms with Crippen LogP contribution in [0.15, 0.2) is 41.5 Å². The molecule has 122 valence electrons. The quantitative estimate of drug-likeness (QED) is 0.675. The summed E-state index contributed by atoms with van der Waals surface area (Å²) in [4.78, 5) is 11.9. The Morgan fingerprint density at radius 1 is 1.21 bits per heavy atom. The van der Waals surface area contributed by atoms with Crippen molar-refractivity contribution >= 4 is 12.1 Å². The van der Waals surface area contributed by atoms with Crippen LogP contribution in [0.2, 0.25) is 0 Å². The van der Waals surface area contributed by atoms with Gasteiger partial charge in [-0.15, -0.1) is 0 Å². The molecule has 0 aliphatic heterocycles. The number of ether oxygens (including phenoxy) is 2. The predicted molar refractivity (Wildman–Crippen MR) is 85.7 cm³/mol. The molecule has 1 N–H and O–H groups in total. The number of rotatable bonds is 5. The van der Waals surface area contributed by atoms with E-state index in [1.54, 1.807) is 24.3 Å². The lowest BCUT2D eigenvalue weighted by molar-refractivity contribution is 0.0951. The number of nitrogens with zero attached hydrogens (tertiary/aromatic N) is 2. The zero-order valence-corrected chi connectivity index (χ0v) is 13.0. The molecule has 2 aromatic carbocycles. The first-order chi connectivity index (χ1) is 11.6. The molecule has 1 amide bonds. The molecule has 2 rings (SSSR count). The second kappa shape index (κ2) is 7.74. The Hall–Kier alpha value is -3.40. The van der Waals surface area contributed by atoms with E-state index < -0.39 is 11.7 Å². The highest BCUT2D eigenvalue weighted by atomic mass is 19.1. The van der Waals surface area contributed by atoms with Gasteiger partial charge in [0.2, 0.25) is 0 Å². The first-order valence-corrected chi connectivity index (χ1v) is 6.84. The normalized spacial score (nSPS) is 10.2. The van der Waals surface area contributed by atoms with Gasteiger partial charge in [0.05, 0.1) is 37.6 Å². The molecule has 0 spiro atoms. The minimum Gasteiger partial charge on any atom is -0.493 e. The molecule has 0 aliphatic carbocycles. The minimum absolute atomic E-state index is 0.137. The molecular weight excluding hydrogens is 313 g/mol. The summed E-state index contributed by atoms with van der Waals surface area (Å²) >= 11 is 0. The number of hydrazone groups is 1. The highest BCUT2D eigenvalue weighted by Gasteiger charge is 2.11. The summed E-state index contributed by atoms with van der Waals surface area (Å²) in [6.07, 6.45) is 1.39. The highest BCUT2D eigenvalue weighted by molar-refractivity contribution is 5.95.